The summed E-state index contributed by atoms with van der Waals surface area (Å²) in [6, 6.07) is 79.4. The van der Waals surface area contributed by atoms with Crippen molar-refractivity contribution in [1.29, 1.82) is 0 Å². The Labute approximate surface area is 358 Å². The van der Waals surface area contributed by atoms with Crippen molar-refractivity contribution in [2.24, 2.45) is 0 Å². The number of para-hydroxylation sites is 2. The number of nitrogens with zero attached hydrogens (tertiary/aromatic N) is 5. The van der Waals surface area contributed by atoms with Crippen LogP contribution in [0.3, 0.4) is 0 Å². The van der Waals surface area contributed by atoms with E-state index in [9.17, 15) is 0 Å². The van der Waals surface area contributed by atoms with Gasteiger partial charge in [-0.2, -0.15) is 0 Å². The third-order valence-corrected chi connectivity index (χ3v) is 12.0. The molecule has 0 N–H and O–H groups in total. The van der Waals surface area contributed by atoms with Crippen LogP contribution in [0.2, 0.25) is 0 Å². The van der Waals surface area contributed by atoms with E-state index in [1.165, 1.54) is 54.8 Å². The summed E-state index contributed by atoms with van der Waals surface area (Å²) in [5.41, 5.74) is 14.3. The van der Waals surface area contributed by atoms with E-state index in [-0.39, 0.29) is 0 Å². The Morgan fingerprint density at radius 3 is 1.35 bits per heavy atom. The summed E-state index contributed by atoms with van der Waals surface area (Å²) >= 11 is 0. The van der Waals surface area contributed by atoms with Gasteiger partial charge >= 0.3 is 0 Å². The number of aromatic nitrogens is 5. The largest absolute Gasteiger partial charge is 0.309 e. The molecule has 3 heterocycles. The van der Waals surface area contributed by atoms with Crippen molar-refractivity contribution in [1.82, 2.24) is 24.1 Å². The molecule has 0 bridgehead atoms. The van der Waals surface area contributed by atoms with E-state index in [1.54, 1.807) is 0 Å². The molecule has 0 unspecified atom stereocenters. The molecule has 0 aliphatic carbocycles. The summed E-state index contributed by atoms with van der Waals surface area (Å²) in [5, 5.41) is 4.84. The maximum absolute atomic E-state index is 5.01. The van der Waals surface area contributed by atoms with Crippen molar-refractivity contribution < 1.29 is 0 Å². The zero-order valence-electron chi connectivity index (χ0n) is 33.6. The Balaban J connectivity index is 1.08. The highest BCUT2D eigenvalue weighted by molar-refractivity contribution is 6.26. The lowest BCUT2D eigenvalue weighted by molar-refractivity contribution is 1.07. The second kappa shape index (κ2) is 14.7. The fourth-order valence-electron chi connectivity index (χ4n) is 9.12. The molecular formula is C57H37N5. The zero-order valence-corrected chi connectivity index (χ0v) is 33.6. The molecule has 0 saturated heterocycles. The number of hydrogen-bond donors (Lipinski definition) is 0. The predicted molar refractivity (Wildman–Crippen MR) is 256 cm³/mol. The fraction of sp³-hybridized carbons (Fsp3) is 0. The molecule has 0 radical (unpaired) electrons. The first-order chi connectivity index (χ1) is 30.8. The maximum atomic E-state index is 5.01. The van der Waals surface area contributed by atoms with Crippen LogP contribution in [-0.4, -0.2) is 24.1 Å². The highest BCUT2D eigenvalue weighted by Gasteiger charge is 2.23. The number of rotatable bonds is 7. The van der Waals surface area contributed by atoms with E-state index in [4.69, 9.17) is 15.0 Å². The molecule has 5 heteroatoms. The topological polar surface area (TPSA) is 48.5 Å². The van der Waals surface area contributed by atoms with Gasteiger partial charge in [0.25, 0.3) is 0 Å². The maximum Gasteiger partial charge on any atom is 0.164 e. The standard InChI is InChI=1S/C57H37N5/c1-5-17-38(18-6-1)43-31-34-45(39-19-7-2-8-20-39)52(37-43)62-49-27-15-13-25-46(49)47-35-36-51-53(54(47)62)48-26-14-16-28-50(48)61(51)44-32-29-42(30-33-44)57-59-55(40-21-9-3-10-22-40)58-56(60-57)41-23-11-4-12-24-41/h1-37H. The molecule has 5 nitrogen and oxygen atoms in total. The second-order valence-corrected chi connectivity index (χ2v) is 15.6. The Morgan fingerprint density at radius 2 is 0.758 bits per heavy atom. The van der Waals surface area contributed by atoms with E-state index in [0.717, 1.165) is 39.1 Å². The van der Waals surface area contributed by atoms with Crippen LogP contribution >= 0.6 is 0 Å². The summed E-state index contributed by atoms with van der Waals surface area (Å²) < 4.78 is 4.91. The molecular weight excluding hydrogens is 755 g/mol. The van der Waals surface area contributed by atoms with Crippen molar-refractivity contribution in [3.8, 4) is 67.8 Å². The number of benzene rings is 9. The van der Waals surface area contributed by atoms with Crippen molar-refractivity contribution in [3.05, 3.63) is 224 Å². The Kier molecular flexibility index (Phi) is 8.42. The Bertz CT molecular complexity index is 3540. The highest BCUT2D eigenvalue weighted by Crippen LogP contribution is 2.44. The first kappa shape index (κ1) is 35.5. The van der Waals surface area contributed by atoms with Crippen LogP contribution in [0.4, 0.5) is 0 Å². The zero-order chi connectivity index (χ0) is 41.0. The first-order valence-electron chi connectivity index (χ1n) is 21.0. The van der Waals surface area contributed by atoms with Crippen molar-refractivity contribution in [3.63, 3.8) is 0 Å². The fourth-order valence-corrected chi connectivity index (χ4v) is 9.12. The van der Waals surface area contributed by atoms with Gasteiger partial charge in [0.05, 0.1) is 27.8 Å². The monoisotopic (exact) mass is 791 g/mol. The lowest BCUT2D eigenvalue weighted by Crippen LogP contribution is -2.00. The van der Waals surface area contributed by atoms with Gasteiger partial charge in [-0.25, -0.2) is 15.0 Å². The van der Waals surface area contributed by atoms with Crippen LogP contribution in [0.5, 0.6) is 0 Å². The van der Waals surface area contributed by atoms with Gasteiger partial charge in [0, 0.05) is 49.5 Å². The summed E-state index contributed by atoms with van der Waals surface area (Å²) in [7, 11) is 0. The SMILES string of the molecule is c1ccc(-c2ccc(-c3ccccc3)c(-n3c4ccccc4c4ccc5c(c6ccccc6n5-c5ccc(-c6nc(-c7ccccc7)nc(-c7ccccc7)n6)cc5)c43)c2)cc1. The average molecular weight is 792 g/mol. The van der Waals surface area contributed by atoms with Crippen LogP contribution in [0.15, 0.2) is 224 Å². The van der Waals surface area contributed by atoms with E-state index < -0.39 is 0 Å². The van der Waals surface area contributed by atoms with Gasteiger partial charge in [-0.3, -0.25) is 0 Å². The minimum atomic E-state index is 0.629. The van der Waals surface area contributed by atoms with Gasteiger partial charge in [0.15, 0.2) is 17.5 Å². The third-order valence-electron chi connectivity index (χ3n) is 12.0. The third kappa shape index (κ3) is 5.90. The summed E-state index contributed by atoms with van der Waals surface area (Å²) in [6.07, 6.45) is 0. The van der Waals surface area contributed by atoms with Crippen molar-refractivity contribution in [2.75, 3.05) is 0 Å². The molecule has 0 amide bonds. The minimum Gasteiger partial charge on any atom is -0.309 e. The van der Waals surface area contributed by atoms with E-state index in [0.29, 0.717) is 17.5 Å². The first-order valence-corrected chi connectivity index (χ1v) is 21.0. The smallest absolute Gasteiger partial charge is 0.164 e. The molecule has 290 valence electrons. The molecule has 62 heavy (non-hydrogen) atoms. The van der Waals surface area contributed by atoms with E-state index >= 15 is 0 Å². The lowest BCUT2D eigenvalue weighted by atomic mass is 9.97. The number of fused-ring (bicyclic) bond motifs is 7. The molecule has 0 aliphatic rings. The van der Waals surface area contributed by atoms with Crippen molar-refractivity contribution >= 4 is 43.6 Å². The van der Waals surface area contributed by atoms with Crippen LogP contribution in [0, 0.1) is 0 Å². The summed E-state index contributed by atoms with van der Waals surface area (Å²) in [5.74, 6) is 1.92. The van der Waals surface area contributed by atoms with Gasteiger partial charge in [-0.15, -0.1) is 0 Å². The molecule has 12 aromatic rings. The highest BCUT2D eigenvalue weighted by atomic mass is 15.0. The molecule has 12 rings (SSSR count). The Morgan fingerprint density at radius 1 is 0.290 bits per heavy atom. The van der Waals surface area contributed by atoms with Gasteiger partial charge in [0.2, 0.25) is 0 Å². The van der Waals surface area contributed by atoms with Crippen LogP contribution < -0.4 is 0 Å². The van der Waals surface area contributed by atoms with Crippen LogP contribution in [0.25, 0.3) is 111 Å². The summed E-state index contributed by atoms with van der Waals surface area (Å²) in [6.45, 7) is 0. The van der Waals surface area contributed by atoms with Gasteiger partial charge in [0.1, 0.15) is 0 Å². The number of hydrogen-bond acceptors (Lipinski definition) is 3. The van der Waals surface area contributed by atoms with Crippen molar-refractivity contribution in [2.45, 2.75) is 0 Å². The molecule has 0 atom stereocenters. The molecule has 0 spiro atoms. The summed E-state index contributed by atoms with van der Waals surface area (Å²) in [4.78, 5) is 14.9. The van der Waals surface area contributed by atoms with Crippen LogP contribution in [0.1, 0.15) is 0 Å². The lowest BCUT2D eigenvalue weighted by Gasteiger charge is -2.17. The quantitative estimate of drug-likeness (QED) is 0.162. The molecule has 0 saturated carbocycles. The average Bonchev–Trinajstić information content (AvgIpc) is 3.88. The molecule has 3 aromatic heterocycles. The molecule has 0 fully saturated rings. The van der Waals surface area contributed by atoms with Crippen LogP contribution in [-0.2, 0) is 0 Å². The minimum absolute atomic E-state index is 0.629. The molecule has 0 aliphatic heterocycles. The van der Waals surface area contributed by atoms with Gasteiger partial charge < -0.3 is 9.13 Å². The normalized spacial score (nSPS) is 11.5. The second-order valence-electron chi connectivity index (χ2n) is 15.6. The van der Waals surface area contributed by atoms with Gasteiger partial charge in [-0.05, 0) is 65.2 Å². The Hall–Kier alpha value is -8.41. The van der Waals surface area contributed by atoms with E-state index in [1.807, 2.05) is 60.7 Å². The predicted octanol–water partition coefficient (Wildman–Crippen LogP) is 14.4. The van der Waals surface area contributed by atoms with E-state index in [2.05, 4.69) is 173 Å². The molecule has 9 aromatic carbocycles. The van der Waals surface area contributed by atoms with Gasteiger partial charge in [-0.1, -0.05) is 176 Å².